The van der Waals surface area contributed by atoms with Crippen LogP contribution in [0.25, 0.3) is 0 Å². The summed E-state index contributed by atoms with van der Waals surface area (Å²) in [7, 11) is 1.96. The van der Waals surface area contributed by atoms with Gasteiger partial charge in [0.15, 0.2) is 5.78 Å². The normalized spacial score (nSPS) is 32.0. The fourth-order valence-corrected chi connectivity index (χ4v) is 4.83. The van der Waals surface area contributed by atoms with Crippen molar-refractivity contribution in [2.24, 2.45) is 0 Å². The van der Waals surface area contributed by atoms with E-state index in [0.29, 0.717) is 23.7 Å². The molecule has 1 aromatic rings. The van der Waals surface area contributed by atoms with Gasteiger partial charge in [-0.1, -0.05) is 23.7 Å². The second-order valence-corrected chi connectivity index (χ2v) is 7.22. The van der Waals surface area contributed by atoms with Gasteiger partial charge in [0.05, 0.1) is 11.6 Å². The first kappa shape index (κ1) is 15.5. The Balaban J connectivity index is 1.84. The van der Waals surface area contributed by atoms with E-state index in [0.717, 1.165) is 18.4 Å². The Kier molecular flexibility index (Phi) is 3.56. The highest BCUT2D eigenvalue weighted by molar-refractivity contribution is 6.29. The quantitative estimate of drug-likeness (QED) is 0.794. The molecule has 0 aromatic heterocycles. The third-order valence-corrected chi connectivity index (χ3v) is 5.66. The first-order valence-electron chi connectivity index (χ1n) is 8.22. The van der Waals surface area contributed by atoms with Gasteiger partial charge in [-0.15, -0.1) is 0 Å². The van der Waals surface area contributed by atoms with Crippen molar-refractivity contribution < 1.29 is 4.79 Å². The molecule has 6 heteroatoms. The van der Waals surface area contributed by atoms with Crippen LogP contribution in [0.15, 0.2) is 35.6 Å². The average Bonchev–Trinajstić information content (AvgIpc) is 2.92. The van der Waals surface area contributed by atoms with Gasteiger partial charge in [0.2, 0.25) is 0 Å². The molecule has 124 valence electrons. The lowest BCUT2D eigenvalue weighted by Gasteiger charge is -2.49. The number of rotatable bonds is 1. The number of likely N-dealkylation sites (N-methyl/N-ethyl adjacent to an activating group) is 1. The number of nitriles is 1. The Morgan fingerprint density at radius 1 is 1.46 bits per heavy atom. The summed E-state index contributed by atoms with van der Waals surface area (Å²) in [6, 6.07) is 9.76. The van der Waals surface area contributed by atoms with Gasteiger partial charge in [-0.05, 0) is 30.5 Å². The molecule has 3 atom stereocenters. The van der Waals surface area contributed by atoms with Gasteiger partial charge in [-0.3, -0.25) is 10.1 Å². The first-order valence-corrected chi connectivity index (χ1v) is 8.60. The highest BCUT2D eigenvalue weighted by atomic mass is 35.5. The average molecular weight is 343 g/mol. The number of hydrogen-bond donors (Lipinski definition) is 1. The Morgan fingerprint density at radius 3 is 3.08 bits per heavy atom. The van der Waals surface area contributed by atoms with Gasteiger partial charge in [0.1, 0.15) is 16.9 Å². The summed E-state index contributed by atoms with van der Waals surface area (Å²) in [5, 5.41) is 13.4. The number of carbonyl (C=O) groups is 1. The number of halogens is 1. The number of hydrogen-bond acceptors (Lipinski definition) is 5. The second-order valence-electron chi connectivity index (χ2n) is 6.84. The van der Waals surface area contributed by atoms with Crippen LogP contribution in [0.3, 0.4) is 0 Å². The molecule has 3 aliphatic rings. The largest absolute Gasteiger partial charge is 0.375 e. The van der Waals surface area contributed by atoms with Gasteiger partial charge in [0, 0.05) is 32.3 Å². The van der Waals surface area contributed by atoms with Crippen molar-refractivity contribution in [3.8, 4) is 6.07 Å². The summed E-state index contributed by atoms with van der Waals surface area (Å²) in [6.45, 7) is 0.633. The molecule has 2 heterocycles. The number of benzene rings is 1. The van der Waals surface area contributed by atoms with Crippen LogP contribution < -0.4 is 5.32 Å². The van der Waals surface area contributed by atoms with Crippen molar-refractivity contribution in [2.45, 2.75) is 37.0 Å². The van der Waals surface area contributed by atoms with Crippen molar-refractivity contribution in [3.63, 3.8) is 0 Å². The van der Waals surface area contributed by atoms with Gasteiger partial charge < -0.3 is 9.80 Å². The summed E-state index contributed by atoms with van der Waals surface area (Å²) in [5.74, 6) is 0.253. The minimum absolute atomic E-state index is 0.0689. The smallest absolute Gasteiger partial charge is 0.161 e. The van der Waals surface area contributed by atoms with Gasteiger partial charge in [-0.2, -0.15) is 5.26 Å². The summed E-state index contributed by atoms with van der Waals surface area (Å²) in [4.78, 5) is 17.0. The summed E-state index contributed by atoms with van der Waals surface area (Å²) >= 11 is 6.60. The zero-order chi connectivity index (χ0) is 16.9. The minimum atomic E-state index is -0.619. The molecular formula is C18H19ClN4O. The molecule has 1 saturated heterocycles. The Bertz CT molecular complexity index is 771. The number of ketones is 1. The van der Waals surface area contributed by atoms with E-state index in [9.17, 15) is 10.1 Å². The molecule has 3 unspecified atom stereocenters. The predicted molar refractivity (Wildman–Crippen MR) is 90.8 cm³/mol. The molecule has 1 aliphatic carbocycles. The topological polar surface area (TPSA) is 59.4 Å². The van der Waals surface area contributed by atoms with E-state index >= 15 is 0 Å². The highest BCUT2D eigenvalue weighted by Crippen LogP contribution is 2.48. The zero-order valence-corrected chi connectivity index (χ0v) is 14.3. The van der Waals surface area contributed by atoms with Gasteiger partial charge in [0.25, 0.3) is 0 Å². The number of carbonyl (C=O) groups excluding carboxylic acids is 1. The number of nitrogens with one attached hydrogen (secondary N) is 1. The van der Waals surface area contributed by atoms with Crippen LogP contribution in [-0.4, -0.2) is 40.8 Å². The molecule has 1 spiro atoms. The first-order chi connectivity index (χ1) is 11.6. The summed E-state index contributed by atoms with van der Waals surface area (Å²) < 4.78 is 0. The van der Waals surface area contributed by atoms with Crippen LogP contribution in [0.4, 0.5) is 0 Å². The maximum absolute atomic E-state index is 13.0. The highest BCUT2D eigenvalue weighted by Gasteiger charge is 2.61. The molecule has 0 amide bonds. The van der Waals surface area contributed by atoms with E-state index in [2.05, 4.69) is 11.4 Å². The molecule has 2 fully saturated rings. The van der Waals surface area contributed by atoms with Crippen LogP contribution >= 0.6 is 11.6 Å². The molecule has 0 bridgehead atoms. The fourth-order valence-electron chi connectivity index (χ4n) is 4.42. The molecule has 4 rings (SSSR count). The van der Waals surface area contributed by atoms with E-state index in [-0.39, 0.29) is 18.0 Å². The molecule has 1 N–H and O–H groups in total. The standard InChI is InChI=1S/C18H19ClN4O/c1-22-10-16(19)23-17(13-5-2-4-12(8-13)9-20)21-14-6-3-7-15(24)18(14,23)11-22/h2,4-5,8,10,14,17,21H,3,6-7,11H2,1H3. The van der Waals surface area contributed by atoms with E-state index in [4.69, 9.17) is 11.6 Å². The Hall–Kier alpha value is -2.03. The van der Waals surface area contributed by atoms with Crippen molar-refractivity contribution in [1.29, 1.82) is 5.26 Å². The predicted octanol–water partition coefficient (Wildman–Crippen LogP) is 2.31. The lowest BCUT2D eigenvalue weighted by molar-refractivity contribution is -0.133. The molecule has 1 saturated carbocycles. The molecule has 2 aliphatic heterocycles. The SMILES string of the molecule is CN1C=C(Cl)N2C(c3cccc(C#N)c3)NC3CCCC(=O)C32C1. The van der Waals surface area contributed by atoms with Crippen molar-refractivity contribution in [3.05, 3.63) is 46.7 Å². The fraction of sp³-hybridized carbons (Fsp3) is 0.444. The van der Waals surface area contributed by atoms with Crippen molar-refractivity contribution in [1.82, 2.24) is 15.1 Å². The summed E-state index contributed by atoms with van der Waals surface area (Å²) in [5.41, 5.74) is 0.956. The van der Waals surface area contributed by atoms with Crippen molar-refractivity contribution in [2.75, 3.05) is 13.6 Å². The number of nitrogens with zero attached hydrogens (tertiary/aromatic N) is 3. The molecule has 1 aromatic carbocycles. The van der Waals surface area contributed by atoms with Crippen LogP contribution in [-0.2, 0) is 4.79 Å². The van der Waals surface area contributed by atoms with Crippen LogP contribution in [0.2, 0.25) is 0 Å². The van der Waals surface area contributed by atoms with Crippen LogP contribution in [0.1, 0.15) is 36.6 Å². The Morgan fingerprint density at radius 2 is 2.29 bits per heavy atom. The molecule has 0 radical (unpaired) electrons. The maximum Gasteiger partial charge on any atom is 0.161 e. The van der Waals surface area contributed by atoms with E-state index in [1.807, 2.05) is 41.2 Å². The third-order valence-electron chi connectivity index (χ3n) is 5.38. The third kappa shape index (κ3) is 2.07. The zero-order valence-electron chi connectivity index (χ0n) is 13.5. The monoisotopic (exact) mass is 342 g/mol. The van der Waals surface area contributed by atoms with Crippen molar-refractivity contribution >= 4 is 17.4 Å². The van der Waals surface area contributed by atoms with E-state index in [1.54, 1.807) is 6.07 Å². The Labute approximate surface area is 146 Å². The van der Waals surface area contributed by atoms with Crippen LogP contribution in [0.5, 0.6) is 0 Å². The summed E-state index contributed by atoms with van der Waals surface area (Å²) in [6.07, 6.45) is 4.14. The molecule has 5 nitrogen and oxygen atoms in total. The minimum Gasteiger partial charge on any atom is -0.375 e. The molecular weight excluding hydrogens is 324 g/mol. The van der Waals surface area contributed by atoms with E-state index in [1.165, 1.54) is 0 Å². The second kappa shape index (κ2) is 5.51. The van der Waals surface area contributed by atoms with Gasteiger partial charge >= 0.3 is 0 Å². The molecule has 24 heavy (non-hydrogen) atoms. The lowest BCUT2D eigenvalue weighted by atomic mass is 9.75. The van der Waals surface area contributed by atoms with E-state index < -0.39 is 5.54 Å². The number of Topliss-reactive ketones (excluding diaryl/α,β-unsaturated/α-hetero) is 1. The van der Waals surface area contributed by atoms with Crippen LogP contribution in [0, 0.1) is 11.3 Å². The van der Waals surface area contributed by atoms with Gasteiger partial charge in [-0.25, -0.2) is 0 Å². The lowest BCUT2D eigenvalue weighted by Crippen LogP contribution is -2.65. The maximum atomic E-state index is 13.0.